The van der Waals surface area contributed by atoms with Crippen LogP contribution in [0.5, 0.6) is 5.75 Å². The van der Waals surface area contributed by atoms with Crippen LogP contribution in [0.3, 0.4) is 0 Å². The first-order valence-corrected chi connectivity index (χ1v) is 6.74. The molecule has 2 unspecified atom stereocenters. The SMILES string of the molecule is FC(F)Oc1cccc(NC2CCCCC2C(F)(F)F)c1. The lowest BCUT2D eigenvalue weighted by Gasteiger charge is -2.34. The molecule has 0 aliphatic heterocycles. The highest BCUT2D eigenvalue weighted by atomic mass is 19.4. The molecular weight excluding hydrogens is 293 g/mol. The number of benzene rings is 1. The van der Waals surface area contributed by atoms with Gasteiger partial charge < -0.3 is 10.1 Å². The zero-order valence-corrected chi connectivity index (χ0v) is 11.2. The van der Waals surface area contributed by atoms with Crippen LogP contribution in [0.4, 0.5) is 27.6 Å². The molecule has 1 saturated carbocycles. The maximum absolute atomic E-state index is 13.0. The fourth-order valence-electron chi connectivity index (χ4n) is 2.67. The number of halogens is 5. The minimum Gasteiger partial charge on any atom is -0.435 e. The van der Waals surface area contributed by atoms with Crippen LogP contribution < -0.4 is 10.1 Å². The van der Waals surface area contributed by atoms with Gasteiger partial charge in [-0.3, -0.25) is 0 Å². The highest BCUT2D eigenvalue weighted by Gasteiger charge is 2.45. The van der Waals surface area contributed by atoms with E-state index in [0.29, 0.717) is 18.5 Å². The topological polar surface area (TPSA) is 21.3 Å². The van der Waals surface area contributed by atoms with Gasteiger partial charge in [-0.05, 0) is 25.0 Å². The van der Waals surface area contributed by atoms with Crippen molar-refractivity contribution in [1.82, 2.24) is 0 Å². The van der Waals surface area contributed by atoms with E-state index >= 15 is 0 Å². The summed E-state index contributed by atoms with van der Waals surface area (Å²) >= 11 is 0. The number of nitrogens with one attached hydrogen (secondary N) is 1. The number of hydrogen-bond acceptors (Lipinski definition) is 2. The van der Waals surface area contributed by atoms with Crippen LogP contribution in [0.25, 0.3) is 0 Å². The molecule has 2 atom stereocenters. The third-order valence-electron chi connectivity index (χ3n) is 3.60. The van der Waals surface area contributed by atoms with Crippen LogP contribution in [0, 0.1) is 5.92 Å². The highest BCUT2D eigenvalue weighted by Crippen LogP contribution is 2.39. The lowest BCUT2D eigenvalue weighted by atomic mass is 9.84. The summed E-state index contributed by atoms with van der Waals surface area (Å²) in [5.74, 6) is -1.49. The summed E-state index contributed by atoms with van der Waals surface area (Å²) in [7, 11) is 0. The first kappa shape index (κ1) is 15.9. The van der Waals surface area contributed by atoms with E-state index in [1.165, 1.54) is 18.2 Å². The summed E-state index contributed by atoms with van der Waals surface area (Å²) in [5, 5.41) is 2.81. The molecule has 2 nitrogen and oxygen atoms in total. The Morgan fingerprint density at radius 3 is 2.52 bits per heavy atom. The van der Waals surface area contributed by atoms with Crippen molar-refractivity contribution in [3.63, 3.8) is 0 Å². The van der Waals surface area contributed by atoms with Gasteiger partial charge >= 0.3 is 12.8 Å². The van der Waals surface area contributed by atoms with Crippen molar-refractivity contribution in [2.75, 3.05) is 5.32 Å². The number of ether oxygens (including phenoxy) is 1. The summed E-state index contributed by atoms with van der Waals surface area (Å²) in [6.07, 6.45) is -2.48. The van der Waals surface area contributed by atoms with E-state index in [2.05, 4.69) is 10.1 Å². The van der Waals surface area contributed by atoms with Gasteiger partial charge in [0.15, 0.2) is 0 Å². The maximum Gasteiger partial charge on any atom is 0.393 e. The Kier molecular flexibility index (Phi) is 4.90. The van der Waals surface area contributed by atoms with Crippen molar-refractivity contribution in [3.8, 4) is 5.75 Å². The van der Waals surface area contributed by atoms with Gasteiger partial charge in [-0.15, -0.1) is 0 Å². The molecule has 2 rings (SSSR count). The third kappa shape index (κ3) is 4.47. The van der Waals surface area contributed by atoms with E-state index in [0.717, 1.165) is 6.42 Å². The van der Waals surface area contributed by atoms with Crippen molar-refractivity contribution in [3.05, 3.63) is 24.3 Å². The Labute approximate surface area is 119 Å². The van der Waals surface area contributed by atoms with Crippen molar-refractivity contribution >= 4 is 5.69 Å². The molecular formula is C14H16F5NO. The van der Waals surface area contributed by atoms with Crippen LogP contribution in [-0.2, 0) is 0 Å². The van der Waals surface area contributed by atoms with E-state index in [4.69, 9.17) is 0 Å². The van der Waals surface area contributed by atoms with Crippen LogP contribution in [0.2, 0.25) is 0 Å². The standard InChI is InChI=1S/C14H16F5NO/c15-13(16)21-10-5-3-4-9(8-10)20-12-7-2-1-6-11(12)14(17,18)19/h3-5,8,11-13,20H,1-2,6-7H2. The van der Waals surface area contributed by atoms with Crippen molar-refractivity contribution in [2.24, 2.45) is 5.92 Å². The van der Waals surface area contributed by atoms with Gasteiger partial charge in [-0.2, -0.15) is 22.0 Å². The van der Waals surface area contributed by atoms with Crippen LogP contribution in [0.1, 0.15) is 25.7 Å². The molecule has 1 aromatic carbocycles. The van der Waals surface area contributed by atoms with Crippen LogP contribution in [0.15, 0.2) is 24.3 Å². The molecule has 21 heavy (non-hydrogen) atoms. The summed E-state index contributed by atoms with van der Waals surface area (Å²) in [5.41, 5.74) is 0.356. The van der Waals surface area contributed by atoms with Crippen LogP contribution >= 0.6 is 0 Å². The van der Waals surface area contributed by atoms with Gasteiger partial charge in [-0.1, -0.05) is 18.9 Å². The smallest absolute Gasteiger partial charge is 0.393 e. The molecule has 1 aliphatic carbocycles. The molecule has 0 bridgehead atoms. The lowest BCUT2D eigenvalue weighted by Crippen LogP contribution is -2.41. The molecule has 0 radical (unpaired) electrons. The third-order valence-corrected chi connectivity index (χ3v) is 3.60. The number of hydrogen-bond donors (Lipinski definition) is 1. The van der Waals surface area contributed by atoms with E-state index in [1.807, 2.05) is 0 Å². The molecule has 1 fully saturated rings. The van der Waals surface area contributed by atoms with E-state index in [-0.39, 0.29) is 12.2 Å². The molecule has 0 heterocycles. The fraction of sp³-hybridized carbons (Fsp3) is 0.571. The maximum atomic E-state index is 13.0. The summed E-state index contributed by atoms with van der Waals surface area (Å²) in [4.78, 5) is 0. The number of anilines is 1. The van der Waals surface area contributed by atoms with Gasteiger partial charge in [0.1, 0.15) is 5.75 Å². The molecule has 1 N–H and O–H groups in total. The molecule has 0 saturated heterocycles. The van der Waals surface area contributed by atoms with E-state index in [1.54, 1.807) is 6.07 Å². The Bertz CT molecular complexity index is 463. The first-order valence-electron chi connectivity index (χ1n) is 6.74. The van der Waals surface area contributed by atoms with Crippen molar-refractivity contribution in [2.45, 2.75) is 44.5 Å². The van der Waals surface area contributed by atoms with Gasteiger partial charge in [0, 0.05) is 17.8 Å². The second kappa shape index (κ2) is 6.49. The molecule has 1 aliphatic rings. The summed E-state index contributed by atoms with van der Waals surface area (Å²) < 4.78 is 67.5. The van der Waals surface area contributed by atoms with Gasteiger partial charge in [0.2, 0.25) is 0 Å². The Hall–Kier alpha value is -1.53. The average Bonchev–Trinajstić information content (AvgIpc) is 2.37. The highest BCUT2D eigenvalue weighted by molar-refractivity contribution is 5.49. The number of rotatable bonds is 4. The molecule has 118 valence electrons. The number of alkyl halides is 5. The normalized spacial score (nSPS) is 23.1. The van der Waals surface area contributed by atoms with E-state index in [9.17, 15) is 22.0 Å². The Morgan fingerprint density at radius 2 is 1.86 bits per heavy atom. The van der Waals surface area contributed by atoms with E-state index < -0.39 is 24.7 Å². The minimum absolute atomic E-state index is 0.0747. The molecule has 0 aromatic heterocycles. The Morgan fingerprint density at radius 1 is 1.14 bits per heavy atom. The predicted molar refractivity (Wildman–Crippen MR) is 68.5 cm³/mol. The Balaban J connectivity index is 2.08. The largest absolute Gasteiger partial charge is 0.435 e. The quantitative estimate of drug-likeness (QED) is 0.805. The van der Waals surface area contributed by atoms with Gasteiger partial charge in [0.05, 0.1) is 5.92 Å². The molecule has 0 amide bonds. The second-order valence-corrected chi connectivity index (χ2v) is 5.09. The van der Waals surface area contributed by atoms with Crippen LogP contribution in [-0.4, -0.2) is 18.8 Å². The minimum atomic E-state index is -4.25. The molecule has 7 heteroatoms. The zero-order valence-electron chi connectivity index (χ0n) is 11.2. The van der Waals surface area contributed by atoms with Crippen molar-refractivity contribution in [1.29, 1.82) is 0 Å². The van der Waals surface area contributed by atoms with Gasteiger partial charge in [0.25, 0.3) is 0 Å². The monoisotopic (exact) mass is 309 g/mol. The first-order chi connectivity index (χ1) is 9.86. The molecule has 1 aromatic rings. The molecule has 0 spiro atoms. The van der Waals surface area contributed by atoms with Crippen molar-refractivity contribution < 1.29 is 26.7 Å². The lowest BCUT2D eigenvalue weighted by molar-refractivity contribution is -0.184. The second-order valence-electron chi connectivity index (χ2n) is 5.09. The van der Waals surface area contributed by atoms with Gasteiger partial charge in [-0.25, -0.2) is 0 Å². The summed E-state index contributed by atoms with van der Waals surface area (Å²) in [6.45, 7) is -2.96. The average molecular weight is 309 g/mol. The fourth-order valence-corrected chi connectivity index (χ4v) is 2.67. The summed E-state index contributed by atoms with van der Waals surface area (Å²) in [6, 6.07) is 4.89. The zero-order chi connectivity index (χ0) is 15.5. The predicted octanol–water partition coefficient (Wildman–Crippen LogP) is 4.82.